The Hall–Kier alpha value is -1.83. The quantitative estimate of drug-likeness (QED) is 0.265. The highest BCUT2D eigenvalue weighted by atomic mass is 16.4. The fraction of sp³-hybridized carbons (Fsp3) is 0.500. The first kappa shape index (κ1) is 22.2. The zero-order chi connectivity index (χ0) is 17.7. The van der Waals surface area contributed by atoms with E-state index in [1.807, 2.05) is 12.2 Å². The van der Waals surface area contributed by atoms with Crippen LogP contribution in [0.3, 0.4) is 0 Å². The molecule has 0 aromatic rings. The molecule has 0 fully saturated rings. The topological polar surface area (TPSA) is 37.3 Å². The maximum atomic E-state index is 10.3. The Bertz CT molecular complexity index is 425. The van der Waals surface area contributed by atoms with Gasteiger partial charge < -0.3 is 5.11 Å². The predicted molar refractivity (Wildman–Crippen MR) is 105 cm³/mol. The van der Waals surface area contributed by atoms with Crippen molar-refractivity contribution in [3.8, 4) is 0 Å². The molecule has 0 rings (SSSR count). The molecule has 0 spiro atoms. The largest absolute Gasteiger partial charge is 0.481 e. The van der Waals surface area contributed by atoms with Crippen molar-refractivity contribution in [3.63, 3.8) is 0 Å². The molecule has 0 bridgehead atoms. The number of aliphatic carboxylic acids is 1. The lowest BCUT2D eigenvalue weighted by atomic mass is 10.1. The molecular formula is C22H34O2. The second-order valence-corrected chi connectivity index (χ2v) is 5.69. The number of unbranched alkanes of at least 4 members (excludes halogenated alkanes) is 3. The van der Waals surface area contributed by atoms with Crippen molar-refractivity contribution in [1.82, 2.24) is 0 Å². The summed E-state index contributed by atoms with van der Waals surface area (Å²) < 4.78 is 0. The zero-order valence-corrected chi connectivity index (χ0v) is 15.2. The summed E-state index contributed by atoms with van der Waals surface area (Å²) in [5, 5.41) is 8.50. The van der Waals surface area contributed by atoms with E-state index < -0.39 is 5.97 Å². The third-order valence-corrected chi connectivity index (χ3v) is 3.40. The average molecular weight is 331 g/mol. The molecule has 0 amide bonds. The highest BCUT2D eigenvalue weighted by Gasteiger charge is 1.90. The van der Waals surface area contributed by atoms with Gasteiger partial charge in [-0.2, -0.15) is 0 Å². The van der Waals surface area contributed by atoms with Crippen molar-refractivity contribution in [1.29, 1.82) is 0 Å². The van der Waals surface area contributed by atoms with Crippen molar-refractivity contribution in [2.75, 3.05) is 0 Å². The van der Waals surface area contributed by atoms with Gasteiger partial charge in [-0.1, -0.05) is 67.7 Å². The molecule has 0 aromatic carbocycles. The zero-order valence-electron chi connectivity index (χ0n) is 15.2. The van der Waals surface area contributed by atoms with E-state index in [0.717, 1.165) is 38.5 Å². The summed E-state index contributed by atoms with van der Waals surface area (Å²) in [6, 6.07) is 0. The minimum atomic E-state index is -0.732. The summed E-state index contributed by atoms with van der Waals surface area (Å²) >= 11 is 0. The fourth-order valence-electron chi connectivity index (χ4n) is 2.06. The van der Waals surface area contributed by atoms with Crippen LogP contribution in [0.5, 0.6) is 0 Å². The molecule has 0 aromatic heterocycles. The number of hydrogen-bond donors (Lipinski definition) is 1. The second-order valence-electron chi connectivity index (χ2n) is 5.69. The Morgan fingerprint density at radius 3 is 1.54 bits per heavy atom. The Labute approximate surface area is 148 Å². The van der Waals surface area contributed by atoms with Crippen LogP contribution in [0.2, 0.25) is 0 Å². The van der Waals surface area contributed by atoms with Gasteiger partial charge in [0.25, 0.3) is 0 Å². The predicted octanol–water partition coefficient (Wildman–Crippen LogP) is 6.77. The molecule has 1 N–H and O–H groups in total. The van der Waals surface area contributed by atoms with Gasteiger partial charge in [-0.25, -0.2) is 0 Å². The lowest BCUT2D eigenvalue weighted by Gasteiger charge is -1.93. The Morgan fingerprint density at radius 2 is 1.08 bits per heavy atom. The van der Waals surface area contributed by atoms with Crippen LogP contribution in [0, 0.1) is 0 Å². The van der Waals surface area contributed by atoms with Gasteiger partial charge >= 0.3 is 5.97 Å². The van der Waals surface area contributed by atoms with Crippen LogP contribution in [0.25, 0.3) is 0 Å². The first-order valence-corrected chi connectivity index (χ1v) is 9.24. The van der Waals surface area contributed by atoms with E-state index in [9.17, 15) is 4.79 Å². The van der Waals surface area contributed by atoms with Crippen LogP contribution in [-0.4, -0.2) is 11.1 Å². The smallest absolute Gasteiger partial charge is 0.303 e. The normalized spacial score (nSPS) is 12.7. The minimum Gasteiger partial charge on any atom is -0.481 e. The van der Waals surface area contributed by atoms with Crippen LogP contribution in [0.15, 0.2) is 60.8 Å². The van der Waals surface area contributed by atoms with E-state index in [4.69, 9.17) is 5.11 Å². The molecule has 0 saturated heterocycles. The van der Waals surface area contributed by atoms with E-state index >= 15 is 0 Å². The van der Waals surface area contributed by atoms with Crippen molar-refractivity contribution in [2.24, 2.45) is 0 Å². The summed E-state index contributed by atoms with van der Waals surface area (Å²) in [6.45, 7) is 2.15. The van der Waals surface area contributed by atoms with Crippen molar-refractivity contribution in [3.05, 3.63) is 60.8 Å². The SMILES string of the molecule is CCC=CCC=CCC=CCCCCC=CCC=CCCC(=O)O. The third kappa shape index (κ3) is 20.2. The van der Waals surface area contributed by atoms with Gasteiger partial charge in [-0.15, -0.1) is 0 Å². The minimum absolute atomic E-state index is 0.222. The molecule has 0 heterocycles. The Kier molecular flexibility index (Phi) is 17.8. The molecule has 0 atom stereocenters. The van der Waals surface area contributed by atoms with Crippen molar-refractivity contribution < 1.29 is 9.90 Å². The number of carbonyl (C=O) groups is 1. The van der Waals surface area contributed by atoms with Crippen LogP contribution in [-0.2, 0) is 4.79 Å². The number of carboxylic acids is 1. The first-order chi connectivity index (χ1) is 11.8. The monoisotopic (exact) mass is 330 g/mol. The number of hydrogen-bond acceptors (Lipinski definition) is 1. The van der Waals surface area contributed by atoms with Crippen LogP contribution >= 0.6 is 0 Å². The molecular weight excluding hydrogens is 296 g/mol. The molecule has 0 radical (unpaired) electrons. The van der Waals surface area contributed by atoms with Crippen LogP contribution in [0.4, 0.5) is 0 Å². The second kappa shape index (κ2) is 19.2. The maximum absolute atomic E-state index is 10.3. The lowest BCUT2D eigenvalue weighted by molar-refractivity contribution is -0.136. The van der Waals surface area contributed by atoms with E-state index in [-0.39, 0.29) is 6.42 Å². The van der Waals surface area contributed by atoms with Crippen molar-refractivity contribution in [2.45, 2.75) is 71.1 Å². The van der Waals surface area contributed by atoms with E-state index in [1.165, 1.54) is 12.8 Å². The van der Waals surface area contributed by atoms with Gasteiger partial charge in [0.05, 0.1) is 0 Å². The van der Waals surface area contributed by atoms with Gasteiger partial charge in [0.2, 0.25) is 0 Å². The number of carboxylic acid groups (broad SMARTS) is 1. The summed E-state index contributed by atoms with van der Waals surface area (Å²) in [5.74, 6) is -0.732. The molecule has 0 aliphatic rings. The Balaban J connectivity index is 3.37. The van der Waals surface area contributed by atoms with E-state index in [2.05, 4.69) is 55.5 Å². The molecule has 0 unspecified atom stereocenters. The number of rotatable bonds is 15. The van der Waals surface area contributed by atoms with E-state index in [1.54, 1.807) is 0 Å². The summed E-state index contributed by atoms with van der Waals surface area (Å²) in [5.41, 5.74) is 0. The van der Waals surface area contributed by atoms with Gasteiger partial charge in [0, 0.05) is 6.42 Å². The fourth-order valence-corrected chi connectivity index (χ4v) is 2.06. The molecule has 0 aliphatic heterocycles. The lowest BCUT2D eigenvalue weighted by Crippen LogP contribution is -1.91. The summed E-state index contributed by atoms with van der Waals surface area (Å²) in [4.78, 5) is 10.3. The summed E-state index contributed by atoms with van der Waals surface area (Å²) in [6.07, 6.45) is 31.4. The third-order valence-electron chi connectivity index (χ3n) is 3.40. The number of allylic oxidation sites excluding steroid dienone is 10. The highest BCUT2D eigenvalue weighted by Crippen LogP contribution is 2.03. The standard InChI is InChI=1S/C22H34O2/c1-2-3-4-5-6-7-8-9-10-11-12-13-14-15-16-17-18-19-20-21-22(23)24/h3-4,6-7,9-10,15-16,18-19H,2,5,8,11-14,17,20-21H2,1H3,(H,23,24). The molecule has 24 heavy (non-hydrogen) atoms. The molecule has 0 aliphatic carbocycles. The average Bonchev–Trinajstić information content (AvgIpc) is 2.56. The van der Waals surface area contributed by atoms with Crippen LogP contribution in [0.1, 0.15) is 71.1 Å². The van der Waals surface area contributed by atoms with Crippen molar-refractivity contribution >= 4 is 5.97 Å². The first-order valence-electron chi connectivity index (χ1n) is 9.24. The molecule has 0 saturated carbocycles. The van der Waals surface area contributed by atoms with Gasteiger partial charge in [-0.05, 0) is 57.8 Å². The Morgan fingerprint density at radius 1 is 0.667 bits per heavy atom. The van der Waals surface area contributed by atoms with Crippen LogP contribution < -0.4 is 0 Å². The van der Waals surface area contributed by atoms with Gasteiger partial charge in [-0.3, -0.25) is 4.79 Å². The van der Waals surface area contributed by atoms with Gasteiger partial charge in [0.15, 0.2) is 0 Å². The molecule has 2 heteroatoms. The summed E-state index contributed by atoms with van der Waals surface area (Å²) in [7, 11) is 0. The maximum Gasteiger partial charge on any atom is 0.303 e. The molecule has 2 nitrogen and oxygen atoms in total. The molecule has 134 valence electrons. The van der Waals surface area contributed by atoms with E-state index in [0.29, 0.717) is 6.42 Å². The van der Waals surface area contributed by atoms with Gasteiger partial charge in [0.1, 0.15) is 0 Å². The highest BCUT2D eigenvalue weighted by molar-refractivity contribution is 5.66.